The Morgan fingerprint density at radius 1 is 1.38 bits per heavy atom. The van der Waals surface area contributed by atoms with Crippen molar-refractivity contribution in [1.29, 1.82) is 0 Å². The monoisotopic (exact) mass is 421 g/mol. The minimum absolute atomic E-state index is 0.0198. The van der Waals surface area contributed by atoms with Crippen molar-refractivity contribution in [3.8, 4) is 17.2 Å². The Balaban J connectivity index is 1.68. The molecule has 0 bridgehead atoms. The Hall–Kier alpha value is -3.14. The highest BCUT2D eigenvalue weighted by Gasteiger charge is 2.27. The van der Waals surface area contributed by atoms with Crippen LogP contribution in [0.25, 0.3) is 0 Å². The fourth-order valence-electron chi connectivity index (χ4n) is 2.23. The summed E-state index contributed by atoms with van der Waals surface area (Å²) in [4.78, 5) is 22.3. The van der Waals surface area contributed by atoms with Crippen LogP contribution in [-0.2, 0) is 4.79 Å². The molecule has 1 aliphatic rings. The molecule has 1 amide bonds. The van der Waals surface area contributed by atoms with Crippen molar-refractivity contribution >= 4 is 33.7 Å². The number of carbonyl (C=O) groups is 1. The summed E-state index contributed by atoms with van der Waals surface area (Å²) in [6.45, 7) is 0.0198. The average Bonchev–Trinajstić information content (AvgIpc) is 2.63. The van der Waals surface area contributed by atoms with Gasteiger partial charge in [-0.05, 0) is 18.2 Å². The molecule has 1 atom stereocenters. The second-order valence-corrected chi connectivity index (χ2v) is 6.13. The molecule has 2 aromatic rings. The first-order valence-electron chi connectivity index (χ1n) is 7.34. The van der Waals surface area contributed by atoms with Crippen LogP contribution >= 0.6 is 15.9 Å². The van der Waals surface area contributed by atoms with Crippen LogP contribution < -0.4 is 14.9 Å². The van der Waals surface area contributed by atoms with Crippen molar-refractivity contribution in [3.05, 3.63) is 56.5 Å². The van der Waals surface area contributed by atoms with Gasteiger partial charge in [-0.25, -0.2) is 5.43 Å². The van der Waals surface area contributed by atoms with Gasteiger partial charge in [0, 0.05) is 16.1 Å². The fourth-order valence-corrected chi connectivity index (χ4v) is 2.69. The summed E-state index contributed by atoms with van der Waals surface area (Å²) < 4.78 is 11.4. The molecule has 0 aliphatic carbocycles. The summed E-state index contributed by atoms with van der Waals surface area (Å²) in [5.74, 6) is -0.114. The van der Waals surface area contributed by atoms with Gasteiger partial charge < -0.3 is 14.6 Å². The number of carbonyl (C=O) groups excluding carboxylic acids is 1. The third-order valence-electron chi connectivity index (χ3n) is 3.46. The molecule has 3 rings (SSSR count). The first kappa shape index (κ1) is 17.7. The first-order chi connectivity index (χ1) is 12.5. The van der Waals surface area contributed by atoms with Crippen molar-refractivity contribution in [2.24, 2.45) is 5.10 Å². The van der Waals surface area contributed by atoms with Gasteiger partial charge in [-0.1, -0.05) is 28.1 Å². The third-order valence-corrected chi connectivity index (χ3v) is 3.92. The number of nitrogens with one attached hydrogen (secondary N) is 1. The predicted octanol–water partition coefficient (Wildman–Crippen LogP) is 2.35. The lowest BCUT2D eigenvalue weighted by atomic mass is 10.2. The van der Waals surface area contributed by atoms with Gasteiger partial charge >= 0.3 is 5.69 Å². The largest absolute Gasteiger partial charge is 0.502 e. The van der Waals surface area contributed by atoms with Gasteiger partial charge in [0.05, 0.1) is 11.1 Å². The Labute approximate surface area is 155 Å². The number of nitrogens with zero attached hydrogens (tertiary/aromatic N) is 2. The number of halogens is 1. The van der Waals surface area contributed by atoms with Crippen LogP contribution in [-0.4, -0.2) is 34.9 Å². The van der Waals surface area contributed by atoms with Gasteiger partial charge in [0.2, 0.25) is 11.9 Å². The zero-order valence-corrected chi connectivity index (χ0v) is 14.7. The normalized spacial score (nSPS) is 15.7. The van der Waals surface area contributed by atoms with E-state index in [2.05, 4.69) is 26.5 Å². The standard InChI is InChI=1S/C16H12BrN3O6/c17-10-5-9(15(21)11(6-10)20(23)24)7-18-19-16(22)14-8-25-12-3-1-2-4-13(12)26-14/h1-7,14,21H,8H2,(H,19,22)/t14-/m0/s1. The van der Waals surface area contributed by atoms with Crippen LogP contribution in [0.5, 0.6) is 17.2 Å². The van der Waals surface area contributed by atoms with Gasteiger partial charge in [0.15, 0.2) is 11.5 Å². The quantitative estimate of drug-likeness (QED) is 0.443. The summed E-state index contributed by atoms with van der Waals surface area (Å²) >= 11 is 3.11. The summed E-state index contributed by atoms with van der Waals surface area (Å²) in [5, 5.41) is 24.5. The summed E-state index contributed by atoms with van der Waals surface area (Å²) in [7, 11) is 0. The van der Waals surface area contributed by atoms with Crippen LogP contribution in [0.4, 0.5) is 5.69 Å². The van der Waals surface area contributed by atoms with Crippen molar-refractivity contribution in [2.45, 2.75) is 6.10 Å². The van der Waals surface area contributed by atoms with E-state index in [1.807, 2.05) is 0 Å². The molecule has 0 spiro atoms. The highest BCUT2D eigenvalue weighted by atomic mass is 79.9. The summed E-state index contributed by atoms with van der Waals surface area (Å²) in [6.07, 6.45) is 0.204. The van der Waals surface area contributed by atoms with Gasteiger partial charge in [-0.3, -0.25) is 14.9 Å². The van der Waals surface area contributed by atoms with Crippen molar-refractivity contribution in [3.63, 3.8) is 0 Å². The number of benzene rings is 2. The highest BCUT2D eigenvalue weighted by molar-refractivity contribution is 9.10. The number of ether oxygens (including phenoxy) is 2. The molecule has 2 aromatic carbocycles. The Bertz CT molecular complexity index is 902. The minimum Gasteiger partial charge on any atom is -0.502 e. The number of aromatic hydroxyl groups is 1. The molecule has 134 valence electrons. The minimum atomic E-state index is -0.896. The predicted molar refractivity (Wildman–Crippen MR) is 94.6 cm³/mol. The maximum absolute atomic E-state index is 12.1. The molecule has 26 heavy (non-hydrogen) atoms. The zero-order valence-electron chi connectivity index (χ0n) is 13.1. The molecule has 0 unspecified atom stereocenters. The summed E-state index contributed by atoms with van der Waals surface area (Å²) in [6, 6.07) is 9.53. The Morgan fingerprint density at radius 3 is 2.85 bits per heavy atom. The Kier molecular flexibility index (Phi) is 5.03. The number of nitro benzene ring substituents is 1. The van der Waals surface area contributed by atoms with E-state index in [0.717, 1.165) is 12.3 Å². The van der Waals surface area contributed by atoms with E-state index in [1.165, 1.54) is 6.07 Å². The average molecular weight is 422 g/mol. The number of rotatable bonds is 4. The number of hydrazone groups is 1. The van der Waals surface area contributed by atoms with E-state index >= 15 is 0 Å². The van der Waals surface area contributed by atoms with Crippen LogP contribution in [0, 0.1) is 10.1 Å². The van der Waals surface area contributed by atoms with E-state index in [-0.39, 0.29) is 12.2 Å². The van der Waals surface area contributed by atoms with Crippen molar-refractivity contribution in [2.75, 3.05) is 6.61 Å². The molecular formula is C16H12BrN3O6. The molecule has 9 nitrogen and oxygen atoms in total. The molecule has 1 aliphatic heterocycles. The van der Waals surface area contributed by atoms with Crippen LogP contribution in [0.15, 0.2) is 46.0 Å². The van der Waals surface area contributed by atoms with E-state index in [1.54, 1.807) is 24.3 Å². The molecule has 0 saturated carbocycles. The van der Waals surface area contributed by atoms with Crippen LogP contribution in [0.1, 0.15) is 5.56 Å². The zero-order chi connectivity index (χ0) is 18.7. The number of para-hydroxylation sites is 2. The van der Waals surface area contributed by atoms with Gasteiger partial charge in [0.25, 0.3) is 5.91 Å². The highest BCUT2D eigenvalue weighted by Crippen LogP contribution is 2.32. The number of phenolic OH excluding ortho intramolecular Hbond substituents is 1. The number of fused-ring (bicyclic) bond motifs is 1. The van der Waals surface area contributed by atoms with Gasteiger partial charge in [-0.15, -0.1) is 0 Å². The number of hydrogen-bond donors (Lipinski definition) is 2. The second-order valence-electron chi connectivity index (χ2n) is 5.22. The number of hydrogen-bond acceptors (Lipinski definition) is 7. The van der Waals surface area contributed by atoms with Gasteiger partial charge in [0.1, 0.15) is 6.61 Å². The topological polar surface area (TPSA) is 123 Å². The van der Waals surface area contributed by atoms with Crippen LogP contribution in [0.3, 0.4) is 0 Å². The van der Waals surface area contributed by atoms with E-state index in [0.29, 0.717) is 16.0 Å². The van der Waals surface area contributed by atoms with E-state index in [4.69, 9.17) is 9.47 Å². The first-order valence-corrected chi connectivity index (χ1v) is 8.13. The lowest BCUT2D eigenvalue weighted by Crippen LogP contribution is -2.42. The maximum atomic E-state index is 12.1. The number of nitro groups is 1. The lowest BCUT2D eigenvalue weighted by Gasteiger charge is -2.24. The molecular weight excluding hydrogens is 410 g/mol. The summed E-state index contributed by atoms with van der Waals surface area (Å²) in [5.41, 5.74) is 1.84. The molecule has 0 saturated heterocycles. The SMILES string of the molecule is O=C(NN=Cc1cc(Br)cc([N+](=O)[O-])c1O)[C@@H]1COc2ccccc2O1. The lowest BCUT2D eigenvalue weighted by molar-refractivity contribution is -0.385. The second kappa shape index (κ2) is 7.40. The van der Waals surface area contributed by atoms with Crippen molar-refractivity contribution in [1.82, 2.24) is 5.43 Å². The third kappa shape index (κ3) is 3.75. The molecule has 0 fully saturated rings. The maximum Gasteiger partial charge on any atom is 0.312 e. The van der Waals surface area contributed by atoms with Crippen LogP contribution in [0.2, 0.25) is 0 Å². The molecule has 0 aromatic heterocycles. The fraction of sp³-hybridized carbons (Fsp3) is 0.125. The number of phenols is 1. The molecule has 2 N–H and O–H groups in total. The van der Waals surface area contributed by atoms with E-state index < -0.39 is 28.4 Å². The van der Waals surface area contributed by atoms with Crippen molar-refractivity contribution < 1.29 is 24.3 Å². The number of amides is 1. The molecule has 1 heterocycles. The Morgan fingerprint density at radius 2 is 2.12 bits per heavy atom. The van der Waals surface area contributed by atoms with Gasteiger partial charge in [-0.2, -0.15) is 5.10 Å². The molecule has 0 radical (unpaired) electrons. The van der Waals surface area contributed by atoms with E-state index in [9.17, 15) is 20.0 Å². The molecule has 10 heteroatoms. The smallest absolute Gasteiger partial charge is 0.312 e.